The third-order valence-corrected chi connectivity index (χ3v) is 2.87. The zero-order valence-corrected chi connectivity index (χ0v) is 14.0. The molecule has 1 rings (SSSR count). The van der Waals surface area contributed by atoms with Crippen LogP contribution in [0.4, 0.5) is 4.79 Å². The average molecular weight is 385 g/mol. The lowest BCUT2D eigenvalue weighted by molar-refractivity contribution is -0.139. The van der Waals surface area contributed by atoms with Gasteiger partial charge in [-0.05, 0) is 17.7 Å². The van der Waals surface area contributed by atoms with Gasteiger partial charge in [0.05, 0.1) is 12.7 Å². The number of hydrogen-bond acceptors (Lipinski definition) is 5. The molecule has 0 bridgehead atoms. The predicted octanol–water partition coefficient (Wildman–Crippen LogP) is 2.70. The van der Waals surface area contributed by atoms with E-state index in [1.165, 1.54) is 31.4 Å². The molecule has 0 aromatic heterocycles. The molecule has 1 atom stereocenters. The predicted molar refractivity (Wildman–Crippen MR) is 82.9 cm³/mol. The molecule has 23 heavy (non-hydrogen) atoms. The molecule has 1 aromatic rings. The molecule has 0 saturated heterocycles. The Morgan fingerprint density at radius 1 is 1.22 bits per heavy atom. The molecule has 0 aliphatic carbocycles. The number of halogens is 3. The molecule has 1 amide bonds. The van der Waals surface area contributed by atoms with Gasteiger partial charge in [-0.2, -0.15) is 0 Å². The number of ether oxygens (including phenoxy) is 2. The summed E-state index contributed by atoms with van der Waals surface area (Å²) in [6, 6.07) is 4.06. The summed E-state index contributed by atoms with van der Waals surface area (Å²) in [5.74, 6) is -1.90. The van der Waals surface area contributed by atoms with Crippen LogP contribution in [0.3, 0.4) is 0 Å². The van der Waals surface area contributed by atoms with Gasteiger partial charge in [0.1, 0.15) is 6.61 Å². The van der Waals surface area contributed by atoms with Crippen molar-refractivity contribution in [2.45, 2.75) is 9.83 Å². The Bertz CT molecular complexity index is 584. The van der Waals surface area contributed by atoms with E-state index in [4.69, 9.17) is 34.8 Å². The number of esters is 1. The highest BCUT2D eigenvalue weighted by Gasteiger charge is 2.26. The molecular formula is C13H12Cl3NO6. The smallest absolute Gasteiger partial charge is 0.408 e. The number of carbonyl (C=O) groups is 3. The first-order valence-corrected chi connectivity index (χ1v) is 7.18. The number of carboxylic acids is 1. The first-order chi connectivity index (χ1) is 10.6. The second kappa shape index (κ2) is 8.24. The van der Waals surface area contributed by atoms with Crippen LogP contribution in [0.2, 0.25) is 0 Å². The van der Waals surface area contributed by atoms with Crippen molar-refractivity contribution in [2.75, 3.05) is 13.7 Å². The Hall–Kier alpha value is -1.70. The van der Waals surface area contributed by atoms with Crippen LogP contribution in [0.15, 0.2) is 24.3 Å². The minimum absolute atomic E-state index is 0.219. The fourth-order valence-electron chi connectivity index (χ4n) is 1.52. The van der Waals surface area contributed by atoms with E-state index >= 15 is 0 Å². The molecule has 0 spiro atoms. The molecule has 126 valence electrons. The summed E-state index contributed by atoms with van der Waals surface area (Å²) in [4.78, 5) is 34.1. The first-order valence-electron chi connectivity index (χ1n) is 6.05. The maximum atomic E-state index is 11.6. The summed E-state index contributed by atoms with van der Waals surface area (Å²) in [5.41, 5.74) is 0.454. The Kier molecular flexibility index (Phi) is 6.93. The van der Waals surface area contributed by atoms with Crippen molar-refractivity contribution in [1.29, 1.82) is 0 Å². The monoisotopic (exact) mass is 383 g/mol. The van der Waals surface area contributed by atoms with Gasteiger partial charge in [-0.25, -0.2) is 14.4 Å². The maximum absolute atomic E-state index is 11.6. The number of carboxylic acid groups (broad SMARTS) is 1. The number of alkyl carbamates (subject to hydrolysis) is 1. The van der Waals surface area contributed by atoms with Crippen LogP contribution in [0.1, 0.15) is 22.0 Å². The molecule has 0 aliphatic heterocycles. The zero-order valence-electron chi connectivity index (χ0n) is 11.7. The normalized spacial score (nSPS) is 12.2. The second-order valence-corrected chi connectivity index (χ2v) is 6.74. The van der Waals surface area contributed by atoms with Crippen molar-refractivity contribution < 1.29 is 29.0 Å². The fourth-order valence-corrected chi connectivity index (χ4v) is 1.69. The first kappa shape index (κ1) is 19.3. The van der Waals surface area contributed by atoms with Gasteiger partial charge < -0.3 is 19.9 Å². The Morgan fingerprint density at radius 2 is 1.78 bits per heavy atom. The largest absolute Gasteiger partial charge is 0.479 e. The summed E-state index contributed by atoms with van der Waals surface area (Å²) in [6.45, 7) is -0.545. The van der Waals surface area contributed by atoms with Crippen molar-refractivity contribution >= 4 is 52.8 Å². The third-order valence-electron chi connectivity index (χ3n) is 2.54. The molecule has 2 N–H and O–H groups in total. The number of nitrogens with one attached hydrogen (secondary N) is 1. The van der Waals surface area contributed by atoms with Gasteiger partial charge in [0.2, 0.25) is 3.79 Å². The van der Waals surface area contributed by atoms with Crippen LogP contribution < -0.4 is 5.32 Å². The third kappa shape index (κ3) is 6.52. The highest BCUT2D eigenvalue weighted by molar-refractivity contribution is 6.67. The maximum Gasteiger partial charge on any atom is 0.408 e. The highest BCUT2D eigenvalue weighted by atomic mass is 35.6. The van der Waals surface area contributed by atoms with Gasteiger partial charge in [-0.15, -0.1) is 0 Å². The van der Waals surface area contributed by atoms with E-state index in [1.54, 1.807) is 0 Å². The van der Waals surface area contributed by atoms with E-state index in [0.717, 1.165) is 0 Å². The van der Waals surface area contributed by atoms with Crippen LogP contribution in [0.25, 0.3) is 0 Å². The van der Waals surface area contributed by atoms with Crippen molar-refractivity contribution in [1.82, 2.24) is 5.32 Å². The minimum Gasteiger partial charge on any atom is -0.479 e. The molecule has 0 saturated carbocycles. The van der Waals surface area contributed by atoms with Gasteiger partial charge in [0, 0.05) is 0 Å². The van der Waals surface area contributed by atoms with E-state index in [0.29, 0.717) is 0 Å². The standard InChI is InChI=1S/C13H12Cl3NO6/c1-22-11(20)8-4-2-7(3-5-8)9(10(18)19)17-12(21)23-6-13(14,15)16/h2-5,9H,6H2,1H3,(H,17,21)(H,18,19)/t9-/m1/s1. The number of amides is 1. The molecule has 0 radical (unpaired) electrons. The number of benzene rings is 1. The Morgan fingerprint density at radius 3 is 2.22 bits per heavy atom. The van der Waals surface area contributed by atoms with E-state index < -0.39 is 34.5 Å². The highest BCUT2D eigenvalue weighted by Crippen LogP contribution is 2.26. The van der Waals surface area contributed by atoms with Gasteiger partial charge in [0.15, 0.2) is 6.04 Å². The lowest BCUT2D eigenvalue weighted by Crippen LogP contribution is -2.35. The quantitative estimate of drug-likeness (QED) is 0.598. The molecule has 0 fully saturated rings. The minimum atomic E-state index is -1.81. The van der Waals surface area contributed by atoms with Crippen molar-refractivity contribution in [3.63, 3.8) is 0 Å². The lowest BCUT2D eigenvalue weighted by atomic mass is 10.1. The number of alkyl halides is 3. The summed E-state index contributed by atoms with van der Waals surface area (Å²) in [7, 11) is 1.22. The van der Waals surface area contributed by atoms with Crippen LogP contribution in [0.5, 0.6) is 0 Å². The molecule has 10 heteroatoms. The number of methoxy groups -OCH3 is 1. The average Bonchev–Trinajstić information content (AvgIpc) is 2.49. The molecule has 0 unspecified atom stereocenters. The topological polar surface area (TPSA) is 102 Å². The Balaban J connectivity index is 2.80. The zero-order chi connectivity index (χ0) is 17.6. The van der Waals surface area contributed by atoms with Gasteiger partial charge >= 0.3 is 18.0 Å². The lowest BCUT2D eigenvalue weighted by Gasteiger charge is -2.17. The summed E-state index contributed by atoms with van der Waals surface area (Å²) < 4.78 is 7.33. The number of hydrogen-bond donors (Lipinski definition) is 2. The van der Waals surface area contributed by atoms with Crippen LogP contribution in [-0.4, -0.2) is 40.6 Å². The van der Waals surface area contributed by atoms with E-state index in [2.05, 4.69) is 14.8 Å². The van der Waals surface area contributed by atoms with Crippen molar-refractivity contribution in [2.24, 2.45) is 0 Å². The van der Waals surface area contributed by atoms with Gasteiger partial charge in [-0.3, -0.25) is 0 Å². The van der Waals surface area contributed by atoms with E-state index in [-0.39, 0.29) is 11.1 Å². The van der Waals surface area contributed by atoms with Gasteiger partial charge in [0.25, 0.3) is 0 Å². The molecule has 0 aliphatic rings. The summed E-state index contributed by atoms with van der Waals surface area (Å²) >= 11 is 16.3. The van der Waals surface area contributed by atoms with Crippen LogP contribution in [0, 0.1) is 0 Å². The fraction of sp³-hybridized carbons (Fsp3) is 0.308. The van der Waals surface area contributed by atoms with Crippen molar-refractivity contribution in [3.05, 3.63) is 35.4 Å². The van der Waals surface area contributed by atoms with E-state index in [1.807, 2.05) is 0 Å². The van der Waals surface area contributed by atoms with Crippen LogP contribution >= 0.6 is 34.8 Å². The number of rotatable bonds is 5. The summed E-state index contributed by atoms with van der Waals surface area (Å²) in [5, 5.41) is 11.3. The molecule has 0 heterocycles. The van der Waals surface area contributed by atoms with Crippen LogP contribution in [-0.2, 0) is 14.3 Å². The number of aliphatic carboxylic acids is 1. The SMILES string of the molecule is COC(=O)c1ccc([C@@H](NC(=O)OCC(Cl)(Cl)Cl)C(=O)O)cc1. The van der Waals surface area contributed by atoms with Crippen molar-refractivity contribution in [3.8, 4) is 0 Å². The summed E-state index contributed by atoms with van der Waals surface area (Å²) in [6.07, 6.45) is -1.07. The molecular weight excluding hydrogens is 373 g/mol. The second-order valence-electron chi connectivity index (χ2n) is 4.22. The van der Waals surface area contributed by atoms with E-state index in [9.17, 15) is 19.5 Å². The molecule has 1 aromatic carbocycles. The Labute approximate surface area is 146 Å². The van der Waals surface area contributed by atoms with Gasteiger partial charge in [-0.1, -0.05) is 46.9 Å². The molecule has 7 nitrogen and oxygen atoms in total. The number of carbonyl (C=O) groups excluding carboxylic acids is 2.